The van der Waals surface area contributed by atoms with Crippen molar-refractivity contribution in [3.8, 4) is 0 Å². The average molecular weight is 248 g/mol. The second-order valence-corrected chi connectivity index (χ2v) is 4.82. The van der Waals surface area contributed by atoms with E-state index in [1.54, 1.807) is 11.3 Å². The Morgan fingerprint density at radius 2 is 2.00 bits per heavy atom. The molecule has 5 heteroatoms. The lowest BCUT2D eigenvalue weighted by Gasteiger charge is -2.07. The zero-order valence-electron chi connectivity index (χ0n) is 10.2. The molecule has 0 fully saturated rings. The van der Waals surface area contributed by atoms with Gasteiger partial charge >= 0.3 is 0 Å². The molecule has 0 saturated heterocycles. The molecule has 0 bridgehead atoms. The van der Waals surface area contributed by atoms with E-state index in [2.05, 4.69) is 39.0 Å². The highest BCUT2D eigenvalue weighted by molar-refractivity contribution is 7.10. The van der Waals surface area contributed by atoms with Crippen LogP contribution in [-0.4, -0.2) is 17.0 Å². The Kier molecular flexibility index (Phi) is 3.58. The molecule has 4 nitrogen and oxygen atoms in total. The van der Waals surface area contributed by atoms with Crippen LogP contribution in [0, 0.1) is 13.8 Å². The molecule has 0 saturated carbocycles. The second kappa shape index (κ2) is 5.14. The lowest BCUT2D eigenvalue weighted by Crippen LogP contribution is -2.04. The lowest BCUT2D eigenvalue weighted by molar-refractivity contribution is 1.03. The lowest BCUT2D eigenvalue weighted by atomic mass is 10.3. The standard InChI is InChI=1S/C12H16N4S/c1-8-4-5-17-10(8)7-14-12-6-11(13-3)15-9(2)16-12/h4-6H,7H2,1-3H3,(H2,13,14,15,16). The van der Waals surface area contributed by atoms with Gasteiger partial charge in [0.25, 0.3) is 0 Å². The molecule has 90 valence electrons. The molecule has 2 aromatic heterocycles. The topological polar surface area (TPSA) is 49.8 Å². The molecule has 2 rings (SSSR count). The summed E-state index contributed by atoms with van der Waals surface area (Å²) in [6.45, 7) is 4.82. The van der Waals surface area contributed by atoms with Crippen molar-refractivity contribution in [3.05, 3.63) is 33.8 Å². The van der Waals surface area contributed by atoms with Crippen molar-refractivity contribution in [2.45, 2.75) is 20.4 Å². The summed E-state index contributed by atoms with van der Waals surface area (Å²) in [5, 5.41) is 8.45. The number of rotatable bonds is 4. The summed E-state index contributed by atoms with van der Waals surface area (Å²) < 4.78 is 0. The van der Waals surface area contributed by atoms with Crippen LogP contribution in [0.3, 0.4) is 0 Å². The van der Waals surface area contributed by atoms with E-state index >= 15 is 0 Å². The fourth-order valence-corrected chi connectivity index (χ4v) is 2.39. The van der Waals surface area contributed by atoms with Gasteiger partial charge in [-0.25, -0.2) is 9.97 Å². The fraction of sp³-hybridized carbons (Fsp3) is 0.333. The first-order chi connectivity index (χ1) is 8.19. The van der Waals surface area contributed by atoms with Crippen LogP contribution in [0.25, 0.3) is 0 Å². The van der Waals surface area contributed by atoms with Crippen LogP contribution in [0.15, 0.2) is 17.5 Å². The number of nitrogens with zero attached hydrogens (tertiary/aromatic N) is 2. The van der Waals surface area contributed by atoms with Crippen LogP contribution < -0.4 is 10.6 Å². The predicted octanol–water partition coefficient (Wildman–Crippen LogP) is 2.81. The quantitative estimate of drug-likeness (QED) is 0.873. The molecule has 0 aliphatic rings. The first-order valence-corrected chi connectivity index (χ1v) is 6.37. The summed E-state index contributed by atoms with van der Waals surface area (Å²) in [6, 6.07) is 4.04. The smallest absolute Gasteiger partial charge is 0.132 e. The van der Waals surface area contributed by atoms with E-state index in [4.69, 9.17) is 0 Å². The third-order valence-electron chi connectivity index (χ3n) is 2.49. The third-order valence-corrected chi connectivity index (χ3v) is 3.52. The van der Waals surface area contributed by atoms with E-state index in [1.165, 1.54) is 10.4 Å². The Labute approximate surface area is 105 Å². The van der Waals surface area contributed by atoms with Crippen LogP contribution in [-0.2, 0) is 6.54 Å². The Morgan fingerprint density at radius 3 is 2.65 bits per heavy atom. The van der Waals surface area contributed by atoms with E-state index < -0.39 is 0 Å². The molecular formula is C12H16N4S. The monoisotopic (exact) mass is 248 g/mol. The molecule has 0 atom stereocenters. The van der Waals surface area contributed by atoms with Gasteiger partial charge in [-0.1, -0.05) is 0 Å². The number of aromatic nitrogens is 2. The zero-order valence-corrected chi connectivity index (χ0v) is 11.1. The molecule has 0 aliphatic heterocycles. The maximum absolute atomic E-state index is 4.35. The first-order valence-electron chi connectivity index (χ1n) is 5.49. The Bertz CT molecular complexity index is 507. The Morgan fingerprint density at radius 1 is 1.24 bits per heavy atom. The molecule has 0 unspecified atom stereocenters. The summed E-state index contributed by atoms with van der Waals surface area (Å²) >= 11 is 1.76. The summed E-state index contributed by atoms with van der Waals surface area (Å²) in [6.07, 6.45) is 0. The highest BCUT2D eigenvalue weighted by Crippen LogP contribution is 2.18. The maximum Gasteiger partial charge on any atom is 0.132 e. The number of hydrogen-bond acceptors (Lipinski definition) is 5. The summed E-state index contributed by atoms with van der Waals surface area (Å²) in [4.78, 5) is 9.95. The number of hydrogen-bond donors (Lipinski definition) is 2. The van der Waals surface area contributed by atoms with E-state index in [0.29, 0.717) is 0 Å². The third kappa shape index (κ3) is 2.94. The predicted molar refractivity (Wildman–Crippen MR) is 72.7 cm³/mol. The fourth-order valence-electron chi connectivity index (χ4n) is 1.54. The minimum atomic E-state index is 0.766. The number of anilines is 2. The van der Waals surface area contributed by atoms with Crippen molar-refractivity contribution >= 4 is 23.0 Å². The van der Waals surface area contributed by atoms with E-state index in [9.17, 15) is 0 Å². The van der Waals surface area contributed by atoms with Gasteiger partial charge in [-0.3, -0.25) is 0 Å². The van der Waals surface area contributed by atoms with E-state index in [-0.39, 0.29) is 0 Å². The van der Waals surface area contributed by atoms with Crippen molar-refractivity contribution in [1.29, 1.82) is 0 Å². The Hall–Kier alpha value is -1.62. The summed E-state index contributed by atoms with van der Waals surface area (Å²) in [7, 11) is 1.86. The van der Waals surface area contributed by atoms with Gasteiger partial charge in [-0.2, -0.15) is 0 Å². The first kappa shape index (κ1) is 11.9. The summed E-state index contributed by atoms with van der Waals surface area (Å²) in [5.74, 6) is 2.46. The van der Waals surface area contributed by atoms with Gasteiger partial charge in [-0.05, 0) is 30.9 Å². The van der Waals surface area contributed by atoms with Crippen LogP contribution in [0.4, 0.5) is 11.6 Å². The SMILES string of the molecule is CNc1cc(NCc2sccc2C)nc(C)n1. The van der Waals surface area contributed by atoms with E-state index in [1.807, 2.05) is 20.0 Å². The van der Waals surface area contributed by atoms with Crippen molar-refractivity contribution in [2.75, 3.05) is 17.7 Å². The van der Waals surface area contributed by atoms with Crippen molar-refractivity contribution < 1.29 is 0 Å². The second-order valence-electron chi connectivity index (χ2n) is 3.82. The van der Waals surface area contributed by atoms with Gasteiger partial charge in [0.15, 0.2) is 0 Å². The number of nitrogens with one attached hydrogen (secondary N) is 2. The summed E-state index contributed by atoms with van der Waals surface area (Å²) in [5.41, 5.74) is 1.32. The average Bonchev–Trinajstić information content (AvgIpc) is 2.71. The largest absolute Gasteiger partial charge is 0.373 e. The van der Waals surface area contributed by atoms with Crippen LogP contribution in [0.2, 0.25) is 0 Å². The molecule has 0 spiro atoms. The Balaban J connectivity index is 2.09. The maximum atomic E-state index is 4.35. The van der Waals surface area contributed by atoms with Gasteiger partial charge in [0, 0.05) is 18.0 Å². The molecule has 17 heavy (non-hydrogen) atoms. The van der Waals surface area contributed by atoms with E-state index in [0.717, 1.165) is 24.0 Å². The molecular weight excluding hydrogens is 232 g/mol. The molecule has 0 aromatic carbocycles. The van der Waals surface area contributed by atoms with Crippen molar-refractivity contribution in [1.82, 2.24) is 9.97 Å². The number of thiophene rings is 1. The highest BCUT2D eigenvalue weighted by atomic mass is 32.1. The molecule has 0 aliphatic carbocycles. The molecule has 0 amide bonds. The van der Waals surface area contributed by atoms with Crippen molar-refractivity contribution in [3.63, 3.8) is 0 Å². The normalized spacial score (nSPS) is 10.3. The molecule has 2 aromatic rings. The van der Waals surface area contributed by atoms with Crippen LogP contribution >= 0.6 is 11.3 Å². The zero-order chi connectivity index (χ0) is 12.3. The minimum Gasteiger partial charge on any atom is -0.373 e. The van der Waals surface area contributed by atoms with Gasteiger partial charge in [0.05, 0.1) is 6.54 Å². The molecule has 0 radical (unpaired) electrons. The van der Waals surface area contributed by atoms with Gasteiger partial charge in [-0.15, -0.1) is 11.3 Å². The van der Waals surface area contributed by atoms with Gasteiger partial charge in [0.2, 0.25) is 0 Å². The van der Waals surface area contributed by atoms with Crippen LogP contribution in [0.1, 0.15) is 16.3 Å². The minimum absolute atomic E-state index is 0.766. The van der Waals surface area contributed by atoms with Crippen molar-refractivity contribution in [2.24, 2.45) is 0 Å². The van der Waals surface area contributed by atoms with Gasteiger partial charge < -0.3 is 10.6 Å². The molecule has 2 heterocycles. The molecule has 2 N–H and O–H groups in total. The van der Waals surface area contributed by atoms with Crippen LogP contribution in [0.5, 0.6) is 0 Å². The highest BCUT2D eigenvalue weighted by Gasteiger charge is 2.02. The van der Waals surface area contributed by atoms with Gasteiger partial charge in [0.1, 0.15) is 17.5 Å². The number of aryl methyl sites for hydroxylation is 2.